The van der Waals surface area contributed by atoms with Crippen LogP contribution in [-0.4, -0.2) is 32.1 Å². The number of benzene rings is 2. The molecule has 2 rings (SSSR count). The zero-order valence-electron chi connectivity index (χ0n) is 14.7. The van der Waals surface area contributed by atoms with Crippen LogP contribution in [0, 0.1) is 5.82 Å². The number of hydrogen-bond donors (Lipinski definition) is 1. The van der Waals surface area contributed by atoms with Crippen LogP contribution in [0.15, 0.2) is 48.5 Å². The Bertz CT molecular complexity index is 594. The highest BCUT2D eigenvalue weighted by Gasteiger charge is 2.03. The Hall–Kier alpha value is -1.33. The molecule has 0 saturated heterocycles. The van der Waals surface area contributed by atoms with Gasteiger partial charge in [-0.3, -0.25) is 0 Å². The molecule has 0 bridgehead atoms. The van der Waals surface area contributed by atoms with E-state index in [1.165, 1.54) is 12.1 Å². The van der Waals surface area contributed by atoms with E-state index in [0.717, 1.165) is 42.9 Å². The number of para-hydroxylation sites is 1. The van der Waals surface area contributed by atoms with Crippen molar-refractivity contribution in [2.45, 2.75) is 19.6 Å². The third kappa shape index (κ3) is 9.07. The van der Waals surface area contributed by atoms with Gasteiger partial charge in [0.1, 0.15) is 18.2 Å². The Morgan fingerprint density at radius 1 is 1.00 bits per heavy atom. The lowest BCUT2D eigenvalue weighted by atomic mass is 10.2. The predicted octanol–water partition coefficient (Wildman–Crippen LogP) is 4.29. The van der Waals surface area contributed by atoms with E-state index < -0.39 is 0 Å². The first kappa shape index (κ1) is 23.7. The number of rotatable bonds is 9. The molecule has 0 unspecified atom stereocenters. The molecule has 1 N–H and O–H groups in total. The van der Waals surface area contributed by atoms with Gasteiger partial charge in [0.25, 0.3) is 0 Å². The molecular formula is C19H27Cl2FN2O. The van der Waals surface area contributed by atoms with Crippen LogP contribution in [0.4, 0.5) is 4.39 Å². The minimum atomic E-state index is -0.226. The molecule has 0 saturated carbocycles. The summed E-state index contributed by atoms with van der Waals surface area (Å²) in [5, 5.41) is 3.45. The van der Waals surface area contributed by atoms with Gasteiger partial charge in [0, 0.05) is 12.1 Å². The fourth-order valence-electron chi connectivity index (χ4n) is 2.28. The van der Waals surface area contributed by atoms with Crippen LogP contribution in [0.2, 0.25) is 0 Å². The van der Waals surface area contributed by atoms with Gasteiger partial charge in [-0.15, -0.1) is 24.8 Å². The minimum absolute atomic E-state index is 0. The largest absolute Gasteiger partial charge is 0.489 e. The molecule has 0 aliphatic carbocycles. The average molecular weight is 389 g/mol. The van der Waals surface area contributed by atoms with Gasteiger partial charge in [-0.05, 0) is 57.4 Å². The van der Waals surface area contributed by atoms with Gasteiger partial charge < -0.3 is 15.0 Å². The molecule has 3 nitrogen and oxygen atoms in total. The maximum absolute atomic E-state index is 12.9. The topological polar surface area (TPSA) is 24.5 Å². The molecule has 0 aromatic heterocycles. The van der Waals surface area contributed by atoms with E-state index in [4.69, 9.17) is 4.74 Å². The van der Waals surface area contributed by atoms with Crippen molar-refractivity contribution in [3.8, 4) is 5.75 Å². The summed E-state index contributed by atoms with van der Waals surface area (Å²) >= 11 is 0. The van der Waals surface area contributed by atoms with Crippen molar-refractivity contribution in [2.75, 3.05) is 27.2 Å². The number of halogens is 3. The summed E-state index contributed by atoms with van der Waals surface area (Å²) in [6, 6.07) is 14.4. The lowest BCUT2D eigenvalue weighted by Crippen LogP contribution is -2.21. The summed E-state index contributed by atoms with van der Waals surface area (Å²) in [7, 11) is 4.16. The van der Waals surface area contributed by atoms with E-state index in [0.29, 0.717) is 6.61 Å². The molecule has 140 valence electrons. The fraction of sp³-hybridized carbons (Fsp3) is 0.368. The maximum Gasteiger partial charge on any atom is 0.124 e. The van der Waals surface area contributed by atoms with Crippen molar-refractivity contribution in [1.29, 1.82) is 0 Å². The highest BCUT2D eigenvalue weighted by molar-refractivity contribution is 5.85. The van der Waals surface area contributed by atoms with Crippen LogP contribution in [0.1, 0.15) is 17.5 Å². The van der Waals surface area contributed by atoms with Crippen LogP contribution in [0.3, 0.4) is 0 Å². The summed E-state index contributed by atoms with van der Waals surface area (Å²) in [5.74, 6) is 0.646. The molecule has 25 heavy (non-hydrogen) atoms. The lowest BCUT2D eigenvalue weighted by Gasteiger charge is -2.13. The third-order valence-electron chi connectivity index (χ3n) is 3.55. The number of nitrogens with one attached hydrogen (secondary N) is 1. The second-order valence-electron chi connectivity index (χ2n) is 5.86. The Kier molecular flexibility index (Phi) is 12.3. The summed E-state index contributed by atoms with van der Waals surface area (Å²) in [5.41, 5.74) is 2.10. The van der Waals surface area contributed by atoms with Gasteiger partial charge in [0.15, 0.2) is 0 Å². The van der Waals surface area contributed by atoms with Gasteiger partial charge in [-0.2, -0.15) is 0 Å². The van der Waals surface area contributed by atoms with Crippen molar-refractivity contribution in [1.82, 2.24) is 10.2 Å². The molecule has 0 fully saturated rings. The average Bonchev–Trinajstić information content (AvgIpc) is 2.55. The summed E-state index contributed by atoms with van der Waals surface area (Å²) in [6.45, 7) is 3.28. The molecule has 2 aromatic rings. The van der Waals surface area contributed by atoms with E-state index in [1.807, 2.05) is 18.2 Å². The summed E-state index contributed by atoms with van der Waals surface area (Å²) < 4.78 is 18.8. The molecule has 2 aromatic carbocycles. The standard InChI is InChI=1S/C19H25FN2O.2ClH/c1-22(2)13-5-12-21-14-17-6-3-4-7-19(17)23-15-16-8-10-18(20)11-9-16;;/h3-4,6-11,21H,5,12-15H2,1-2H3;2*1H. The zero-order valence-corrected chi connectivity index (χ0v) is 16.3. The van der Waals surface area contributed by atoms with Crippen molar-refractivity contribution in [2.24, 2.45) is 0 Å². The second-order valence-corrected chi connectivity index (χ2v) is 5.86. The highest BCUT2D eigenvalue weighted by Crippen LogP contribution is 2.19. The van der Waals surface area contributed by atoms with Crippen molar-refractivity contribution in [3.05, 3.63) is 65.5 Å². The number of nitrogens with zero attached hydrogens (tertiary/aromatic N) is 1. The molecule has 0 atom stereocenters. The van der Waals surface area contributed by atoms with Crippen molar-refractivity contribution < 1.29 is 9.13 Å². The van der Waals surface area contributed by atoms with Crippen LogP contribution in [-0.2, 0) is 13.2 Å². The Labute approximate surface area is 162 Å². The monoisotopic (exact) mass is 388 g/mol. The van der Waals surface area contributed by atoms with Crippen LogP contribution < -0.4 is 10.1 Å². The number of ether oxygens (including phenoxy) is 1. The van der Waals surface area contributed by atoms with Crippen molar-refractivity contribution >= 4 is 24.8 Å². The first-order valence-corrected chi connectivity index (χ1v) is 7.96. The van der Waals surface area contributed by atoms with E-state index in [1.54, 1.807) is 12.1 Å². The van der Waals surface area contributed by atoms with Gasteiger partial charge in [0.2, 0.25) is 0 Å². The maximum atomic E-state index is 12.9. The molecular weight excluding hydrogens is 362 g/mol. The Morgan fingerprint density at radius 2 is 1.68 bits per heavy atom. The summed E-state index contributed by atoms with van der Waals surface area (Å²) in [6.07, 6.45) is 1.12. The van der Waals surface area contributed by atoms with E-state index in [9.17, 15) is 4.39 Å². The second kappa shape index (κ2) is 13.0. The molecule has 0 radical (unpaired) electrons. The molecule has 0 amide bonds. The molecule has 0 heterocycles. The van der Waals surface area contributed by atoms with Gasteiger partial charge in [-0.1, -0.05) is 30.3 Å². The normalized spacial score (nSPS) is 10.1. The van der Waals surface area contributed by atoms with E-state index >= 15 is 0 Å². The van der Waals surface area contributed by atoms with Crippen LogP contribution in [0.25, 0.3) is 0 Å². The molecule has 6 heteroatoms. The van der Waals surface area contributed by atoms with E-state index in [2.05, 4.69) is 30.4 Å². The Balaban J connectivity index is 0.00000288. The minimum Gasteiger partial charge on any atom is -0.489 e. The van der Waals surface area contributed by atoms with Crippen LogP contribution >= 0.6 is 24.8 Å². The van der Waals surface area contributed by atoms with Crippen molar-refractivity contribution in [3.63, 3.8) is 0 Å². The zero-order chi connectivity index (χ0) is 16.5. The number of hydrogen-bond acceptors (Lipinski definition) is 3. The first-order chi connectivity index (χ1) is 11.1. The molecule has 0 aliphatic heterocycles. The SMILES string of the molecule is CN(C)CCCNCc1ccccc1OCc1ccc(F)cc1.Cl.Cl. The fourth-order valence-corrected chi connectivity index (χ4v) is 2.28. The van der Waals surface area contributed by atoms with E-state index in [-0.39, 0.29) is 30.6 Å². The molecule has 0 aliphatic rings. The first-order valence-electron chi connectivity index (χ1n) is 7.96. The highest BCUT2D eigenvalue weighted by atomic mass is 35.5. The van der Waals surface area contributed by atoms with Gasteiger partial charge >= 0.3 is 0 Å². The summed E-state index contributed by atoms with van der Waals surface area (Å²) in [4.78, 5) is 2.18. The van der Waals surface area contributed by atoms with Crippen LogP contribution in [0.5, 0.6) is 5.75 Å². The van der Waals surface area contributed by atoms with Gasteiger partial charge in [-0.25, -0.2) is 4.39 Å². The molecule has 0 spiro atoms. The van der Waals surface area contributed by atoms with Gasteiger partial charge in [0.05, 0.1) is 0 Å². The Morgan fingerprint density at radius 3 is 2.36 bits per heavy atom. The quantitative estimate of drug-likeness (QED) is 0.648. The predicted molar refractivity (Wildman–Crippen MR) is 107 cm³/mol. The third-order valence-corrected chi connectivity index (χ3v) is 3.55. The lowest BCUT2D eigenvalue weighted by molar-refractivity contribution is 0.302. The smallest absolute Gasteiger partial charge is 0.124 e.